The predicted molar refractivity (Wildman–Crippen MR) is 92.2 cm³/mol. The summed E-state index contributed by atoms with van der Waals surface area (Å²) in [5.41, 5.74) is 7.87. The SMILES string of the molecule is CN=C1N/C(=C(/N)Sc2cccc(F)c2)N(N)c2ccccc21. The van der Waals surface area contributed by atoms with Gasteiger partial charge in [-0.05, 0) is 30.3 Å². The van der Waals surface area contributed by atoms with E-state index in [1.165, 1.54) is 28.9 Å². The summed E-state index contributed by atoms with van der Waals surface area (Å²) in [6.45, 7) is 0. The van der Waals surface area contributed by atoms with Crippen molar-refractivity contribution in [3.05, 3.63) is 70.8 Å². The molecule has 2 aromatic rings. The lowest BCUT2D eigenvalue weighted by atomic mass is 10.1. The van der Waals surface area contributed by atoms with Crippen LogP contribution in [-0.2, 0) is 0 Å². The lowest BCUT2D eigenvalue weighted by Gasteiger charge is -2.32. The molecule has 0 radical (unpaired) electrons. The Morgan fingerprint density at radius 3 is 2.74 bits per heavy atom. The molecule has 5 N–H and O–H groups in total. The predicted octanol–water partition coefficient (Wildman–Crippen LogP) is 2.36. The van der Waals surface area contributed by atoms with Gasteiger partial charge in [0.2, 0.25) is 0 Å². The first-order valence-electron chi connectivity index (χ1n) is 6.91. The molecule has 118 valence electrons. The Balaban J connectivity index is 1.99. The van der Waals surface area contributed by atoms with E-state index < -0.39 is 0 Å². The van der Waals surface area contributed by atoms with Crippen molar-refractivity contribution in [1.29, 1.82) is 0 Å². The second-order valence-electron chi connectivity index (χ2n) is 4.86. The van der Waals surface area contributed by atoms with E-state index in [0.717, 1.165) is 11.3 Å². The molecule has 0 aromatic heterocycles. The van der Waals surface area contributed by atoms with Gasteiger partial charge in [0.05, 0.1) is 5.69 Å². The molecule has 0 saturated carbocycles. The molecular formula is C16H16FN5S. The molecule has 2 aromatic carbocycles. The number of para-hydroxylation sites is 1. The Morgan fingerprint density at radius 2 is 2.00 bits per heavy atom. The van der Waals surface area contributed by atoms with Crippen LogP contribution in [0.5, 0.6) is 0 Å². The highest BCUT2D eigenvalue weighted by atomic mass is 32.2. The first-order chi connectivity index (χ1) is 11.1. The molecule has 5 nitrogen and oxygen atoms in total. The van der Waals surface area contributed by atoms with Crippen LogP contribution < -0.4 is 21.9 Å². The van der Waals surface area contributed by atoms with Crippen molar-refractivity contribution in [1.82, 2.24) is 5.32 Å². The lowest BCUT2D eigenvalue weighted by molar-refractivity contribution is 0.624. The summed E-state index contributed by atoms with van der Waals surface area (Å²) >= 11 is 1.23. The smallest absolute Gasteiger partial charge is 0.157 e. The molecule has 0 atom stereocenters. The van der Waals surface area contributed by atoms with Crippen LogP contribution in [0.1, 0.15) is 5.56 Å². The first kappa shape index (κ1) is 15.4. The van der Waals surface area contributed by atoms with Crippen LogP contribution in [0.4, 0.5) is 10.1 Å². The number of hydrogen-bond acceptors (Lipinski definition) is 5. The summed E-state index contributed by atoms with van der Waals surface area (Å²) in [4.78, 5) is 4.93. The normalized spacial score (nSPS) is 17.7. The molecule has 0 fully saturated rings. The van der Waals surface area contributed by atoms with Crippen LogP contribution in [0.15, 0.2) is 69.3 Å². The van der Waals surface area contributed by atoms with Crippen molar-refractivity contribution >= 4 is 23.3 Å². The minimum atomic E-state index is -0.310. The van der Waals surface area contributed by atoms with Crippen LogP contribution >= 0.6 is 11.8 Å². The number of anilines is 1. The number of amidine groups is 1. The van der Waals surface area contributed by atoms with Gasteiger partial charge in [-0.3, -0.25) is 10.0 Å². The molecule has 0 aliphatic carbocycles. The minimum absolute atomic E-state index is 0.310. The van der Waals surface area contributed by atoms with E-state index in [1.807, 2.05) is 24.3 Å². The van der Waals surface area contributed by atoms with E-state index in [4.69, 9.17) is 11.6 Å². The molecule has 1 heterocycles. The van der Waals surface area contributed by atoms with Crippen molar-refractivity contribution in [2.75, 3.05) is 12.1 Å². The van der Waals surface area contributed by atoms with E-state index in [9.17, 15) is 4.39 Å². The Morgan fingerprint density at radius 1 is 1.22 bits per heavy atom. The van der Waals surface area contributed by atoms with Gasteiger partial charge in [-0.15, -0.1) is 0 Å². The van der Waals surface area contributed by atoms with Crippen molar-refractivity contribution in [2.24, 2.45) is 16.6 Å². The topological polar surface area (TPSA) is 79.7 Å². The number of nitrogens with two attached hydrogens (primary N) is 2. The lowest BCUT2D eigenvalue weighted by Crippen LogP contribution is -2.46. The number of aliphatic imine (C=N–C) groups is 1. The fraction of sp³-hybridized carbons (Fsp3) is 0.0625. The van der Waals surface area contributed by atoms with E-state index in [0.29, 0.717) is 21.6 Å². The average molecular weight is 329 g/mol. The molecule has 0 unspecified atom stereocenters. The van der Waals surface area contributed by atoms with E-state index in [-0.39, 0.29) is 5.82 Å². The standard InChI is InChI=1S/C16H16FN5S/c1-20-15-12-7-2-3-8-13(12)22(19)16(21-15)14(18)23-11-6-4-5-10(17)9-11/h2-9H,18-19H2,1H3,(H,20,21)/b16-14+. The van der Waals surface area contributed by atoms with Crippen molar-refractivity contribution in [3.63, 3.8) is 0 Å². The molecule has 0 amide bonds. The van der Waals surface area contributed by atoms with Gasteiger partial charge in [0, 0.05) is 17.5 Å². The number of benzene rings is 2. The van der Waals surface area contributed by atoms with Gasteiger partial charge < -0.3 is 11.1 Å². The molecule has 3 rings (SSSR count). The van der Waals surface area contributed by atoms with Crippen molar-refractivity contribution < 1.29 is 4.39 Å². The third kappa shape index (κ3) is 3.01. The third-order valence-corrected chi connectivity index (χ3v) is 4.28. The zero-order valence-electron chi connectivity index (χ0n) is 12.5. The number of rotatable bonds is 2. The van der Waals surface area contributed by atoms with Crippen molar-refractivity contribution in [2.45, 2.75) is 4.90 Å². The van der Waals surface area contributed by atoms with Gasteiger partial charge in [-0.1, -0.05) is 30.0 Å². The number of halogens is 1. The number of hydrogen-bond donors (Lipinski definition) is 3. The van der Waals surface area contributed by atoms with E-state index in [1.54, 1.807) is 19.2 Å². The molecule has 1 aliphatic heterocycles. The van der Waals surface area contributed by atoms with Crippen molar-refractivity contribution in [3.8, 4) is 0 Å². The molecule has 0 saturated heterocycles. The number of hydrazine groups is 1. The van der Waals surface area contributed by atoms with Crippen LogP contribution in [0, 0.1) is 5.82 Å². The molecule has 7 heteroatoms. The zero-order valence-corrected chi connectivity index (χ0v) is 13.3. The van der Waals surface area contributed by atoms with Gasteiger partial charge in [-0.25, -0.2) is 10.2 Å². The summed E-state index contributed by atoms with van der Waals surface area (Å²) in [7, 11) is 1.69. The maximum atomic E-state index is 13.3. The van der Waals surface area contributed by atoms with Gasteiger partial charge in [0.15, 0.2) is 5.82 Å². The highest BCUT2D eigenvalue weighted by Crippen LogP contribution is 2.31. The van der Waals surface area contributed by atoms with Crippen LogP contribution in [0.3, 0.4) is 0 Å². The molecule has 1 aliphatic rings. The number of nitrogens with zero attached hydrogens (tertiary/aromatic N) is 2. The number of thioether (sulfide) groups is 1. The monoisotopic (exact) mass is 329 g/mol. The first-order valence-corrected chi connectivity index (χ1v) is 7.73. The fourth-order valence-electron chi connectivity index (χ4n) is 2.31. The summed E-state index contributed by atoms with van der Waals surface area (Å²) in [5.74, 6) is 7.07. The minimum Gasteiger partial charge on any atom is -0.390 e. The zero-order chi connectivity index (χ0) is 16.4. The highest BCUT2D eigenvalue weighted by Gasteiger charge is 2.25. The summed E-state index contributed by atoms with van der Waals surface area (Å²) in [6.07, 6.45) is 0. The molecule has 0 spiro atoms. The largest absolute Gasteiger partial charge is 0.390 e. The maximum Gasteiger partial charge on any atom is 0.157 e. The van der Waals surface area contributed by atoms with Crippen LogP contribution in [0.25, 0.3) is 0 Å². The number of fused-ring (bicyclic) bond motifs is 1. The Hall–Kier alpha value is -2.51. The van der Waals surface area contributed by atoms with Gasteiger partial charge in [-0.2, -0.15) is 0 Å². The van der Waals surface area contributed by atoms with Gasteiger partial charge in [0.25, 0.3) is 0 Å². The van der Waals surface area contributed by atoms with Gasteiger partial charge in [0.1, 0.15) is 16.7 Å². The number of nitrogens with one attached hydrogen (secondary N) is 1. The Bertz CT molecular complexity index is 803. The van der Waals surface area contributed by atoms with E-state index in [2.05, 4.69) is 10.3 Å². The average Bonchev–Trinajstić information content (AvgIpc) is 2.55. The summed E-state index contributed by atoms with van der Waals surface area (Å²) in [6, 6.07) is 13.9. The van der Waals surface area contributed by atoms with Crippen LogP contribution in [0.2, 0.25) is 0 Å². The van der Waals surface area contributed by atoms with E-state index >= 15 is 0 Å². The second kappa shape index (κ2) is 6.31. The molecule has 0 bridgehead atoms. The van der Waals surface area contributed by atoms with Crippen LogP contribution in [-0.4, -0.2) is 12.9 Å². The highest BCUT2D eigenvalue weighted by molar-refractivity contribution is 8.03. The second-order valence-corrected chi connectivity index (χ2v) is 5.97. The summed E-state index contributed by atoms with van der Waals surface area (Å²) in [5, 5.41) is 5.04. The molecule has 23 heavy (non-hydrogen) atoms. The Labute approximate surface area is 137 Å². The quantitative estimate of drug-likeness (QED) is 0.582. The fourth-order valence-corrected chi connectivity index (χ4v) is 3.12. The Kier molecular flexibility index (Phi) is 4.22. The third-order valence-electron chi connectivity index (χ3n) is 3.38. The summed E-state index contributed by atoms with van der Waals surface area (Å²) < 4.78 is 13.3. The van der Waals surface area contributed by atoms with Gasteiger partial charge >= 0.3 is 0 Å². The maximum absolute atomic E-state index is 13.3. The molecular weight excluding hydrogens is 313 g/mol.